The molecule has 1 aliphatic heterocycles. The quantitative estimate of drug-likeness (QED) is 0.564. The van der Waals surface area contributed by atoms with Crippen LogP contribution < -0.4 is 4.74 Å². The van der Waals surface area contributed by atoms with Gasteiger partial charge in [-0.15, -0.1) is 0 Å². The standard InChI is InChI=1S/C26H26N4O2/c27-17-23-11-10-22(18-29-23)26-24(7-4-14-28-26)32-19-25(31)30-15-12-21(13-16-30)9-8-20-5-2-1-3-6-20/h1-7,10-11,14,18,21H,8-9,12-13,15-16,19H2. The van der Waals surface area contributed by atoms with Crippen molar-refractivity contribution in [2.24, 2.45) is 5.92 Å². The Bertz CT molecular complexity index is 1070. The van der Waals surface area contributed by atoms with Crippen molar-refractivity contribution < 1.29 is 9.53 Å². The van der Waals surface area contributed by atoms with Gasteiger partial charge in [0.2, 0.25) is 0 Å². The molecule has 1 aliphatic rings. The van der Waals surface area contributed by atoms with Crippen LogP contribution >= 0.6 is 0 Å². The lowest BCUT2D eigenvalue weighted by molar-refractivity contribution is -0.134. The van der Waals surface area contributed by atoms with Crippen LogP contribution in [-0.4, -0.2) is 40.5 Å². The number of nitrogens with zero attached hydrogens (tertiary/aromatic N) is 4. The van der Waals surface area contributed by atoms with Crippen molar-refractivity contribution in [2.45, 2.75) is 25.7 Å². The summed E-state index contributed by atoms with van der Waals surface area (Å²) < 4.78 is 5.85. The van der Waals surface area contributed by atoms with Gasteiger partial charge in [0.05, 0.1) is 0 Å². The largest absolute Gasteiger partial charge is 0.481 e. The van der Waals surface area contributed by atoms with E-state index in [-0.39, 0.29) is 12.5 Å². The fourth-order valence-electron chi connectivity index (χ4n) is 4.04. The van der Waals surface area contributed by atoms with Gasteiger partial charge in [0.1, 0.15) is 23.2 Å². The molecule has 0 aliphatic carbocycles. The molecule has 3 heterocycles. The lowest BCUT2D eigenvalue weighted by atomic mass is 9.90. The van der Waals surface area contributed by atoms with Gasteiger partial charge in [-0.1, -0.05) is 30.3 Å². The molecular weight excluding hydrogens is 400 g/mol. The molecule has 32 heavy (non-hydrogen) atoms. The van der Waals surface area contributed by atoms with Gasteiger partial charge < -0.3 is 9.64 Å². The summed E-state index contributed by atoms with van der Waals surface area (Å²) in [5.41, 5.74) is 3.07. The van der Waals surface area contributed by atoms with Crippen molar-refractivity contribution in [1.29, 1.82) is 5.26 Å². The second-order valence-electron chi connectivity index (χ2n) is 8.03. The van der Waals surface area contributed by atoms with Crippen LogP contribution in [0, 0.1) is 17.2 Å². The van der Waals surface area contributed by atoms with E-state index in [1.807, 2.05) is 17.0 Å². The number of amides is 1. The van der Waals surface area contributed by atoms with Crippen molar-refractivity contribution in [1.82, 2.24) is 14.9 Å². The molecule has 1 aromatic carbocycles. The number of piperidine rings is 1. The molecular formula is C26H26N4O2. The first kappa shape index (κ1) is 21.5. The minimum absolute atomic E-state index is 0.000680. The molecule has 0 bridgehead atoms. The number of rotatable bonds is 7. The van der Waals surface area contributed by atoms with E-state index >= 15 is 0 Å². The number of carbonyl (C=O) groups excluding carboxylic acids is 1. The van der Waals surface area contributed by atoms with Crippen molar-refractivity contribution in [3.05, 3.63) is 78.2 Å². The maximum absolute atomic E-state index is 12.7. The number of benzene rings is 1. The predicted molar refractivity (Wildman–Crippen MR) is 122 cm³/mol. The highest BCUT2D eigenvalue weighted by molar-refractivity contribution is 5.78. The van der Waals surface area contributed by atoms with Crippen LogP contribution in [-0.2, 0) is 11.2 Å². The minimum Gasteiger partial charge on any atom is -0.481 e. The van der Waals surface area contributed by atoms with Gasteiger partial charge in [-0.2, -0.15) is 5.26 Å². The zero-order valence-electron chi connectivity index (χ0n) is 18.0. The normalized spacial score (nSPS) is 14.0. The topological polar surface area (TPSA) is 79.1 Å². The van der Waals surface area contributed by atoms with Gasteiger partial charge in [0, 0.05) is 31.0 Å². The summed E-state index contributed by atoms with van der Waals surface area (Å²) in [5, 5.41) is 8.93. The molecule has 1 saturated heterocycles. The van der Waals surface area contributed by atoms with Gasteiger partial charge in [-0.05, 0) is 61.4 Å². The Morgan fingerprint density at radius 3 is 2.59 bits per heavy atom. The summed E-state index contributed by atoms with van der Waals surface area (Å²) >= 11 is 0. The Labute approximate surface area is 188 Å². The highest BCUT2D eigenvalue weighted by Crippen LogP contribution is 2.27. The van der Waals surface area contributed by atoms with Crippen molar-refractivity contribution >= 4 is 5.91 Å². The maximum atomic E-state index is 12.7. The summed E-state index contributed by atoms with van der Waals surface area (Å²) in [6.45, 7) is 1.54. The van der Waals surface area contributed by atoms with Crippen molar-refractivity contribution in [3.8, 4) is 23.1 Å². The Morgan fingerprint density at radius 2 is 1.88 bits per heavy atom. The average molecular weight is 427 g/mol. The summed E-state index contributed by atoms with van der Waals surface area (Å²) in [6.07, 6.45) is 7.59. The zero-order valence-corrected chi connectivity index (χ0v) is 18.0. The van der Waals surface area contributed by atoms with Crippen LogP contribution in [0.1, 0.15) is 30.5 Å². The minimum atomic E-state index is -0.0168. The summed E-state index contributed by atoms with van der Waals surface area (Å²) in [4.78, 5) is 23.1. The van der Waals surface area contributed by atoms with E-state index in [2.05, 4.69) is 34.2 Å². The second kappa shape index (κ2) is 10.5. The Morgan fingerprint density at radius 1 is 1.06 bits per heavy atom. The molecule has 162 valence electrons. The van der Waals surface area contributed by atoms with Gasteiger partial charge >= 0.3 is 0 Å². The second-order valence-corrected chi connectivity index (χ2v) is 8.03. The SMILES string of the molecule is N#Cc1ccc(-c2ncccc2OCC(=O)N2CCC(CCc3ccccc3)CC2)cn1. The third-order valence-electron chi connectivity index (χ3n) is 5.92. The number of likely N-dealkylation sites (tertiary alicyclic amines) is 1. The summed E-state index contributed by atoms with van der Waals surface area (Å²) in [7, 11) is 0. The number of carbonyl (C=O) groups is 1. The van der Waals surface area contributed by atoms with E-state index in [0.29, 0.717) is 23.1 Å². The smallest absolute Gasteiger partial charge is 0.260 e. The molecule has 6 heteroatoms. The molecule has 4 rings (SSSR count). The number of ether oxygens (including phenoxy) is 1. The highest BCUT2D eigenvalue weighted by atomic mass is 16.5. The molecule has 0 unspecified atom stereocenters. The van der Waals surface area contributed by atoms with Crippen LogP contribution in [0.25, 0.3) is 11.3 Å². The fraction of sp³-hybridized carbons (Fsp3) is 0.308. The third-order valence-corrected chi connectivity index (χ3v) is 5.92. The highest BCUT2D eigenvalue weighted by Gasteiger charge is 2.23. The molecule has 6 nitrogen and oxygen atoms in total. The monoisotopic (exact) mass is 426 g/mol. The first-order chi connectivity index (χ1) is 15.7. The average Bonchev–Trinajstić information content (AvgIpc) is 2.87. The number of hydrogen-bond donors (Lipinski definition) is 0. The first-order valence-corrected chi connectivity index (χ1v) is 11.0. The predicted octanol–water partition coefficient (Wildman–Crippen LogP) is 4.27. The van der Waals surface area contributed by atoms with Gasteiger partial charge in [-0.25, -0.2) is 4.98 Å². The maximum Gasteiger partial charge on any atom is 0.260 e. The summed E-state index contributed by atoms with van der Waals surface area (Å²) in [6, 6.07) is 19.6. The van der Waals surface area contributed by atoms with E-state index in [1.165, 1.54) is 12.0 Å². The summed E-state index contributed by atoms with van der Waals surface area (Å²) in [5.74, 6) is 1.19. The lowest BCUT2D eigenvalue weighted by Gasteiger charge is -2.32. The van der Waals surface area contributed by atoms with E-state index in [4.69, 9.17) is 10.00 Å². The van der Waals surface area contributed by atoms with E-state index < -0.39 is 0 Å². The van der Waals surface area contributed by atoms with Gasteiger partial charge in [-0.3, -0.25) is 9.78 Å². The Hall–Kier alpha value is -3.72. The Balaban J connectivity index is 1.28. The van der Waals surface area contributed by atoms with E-state index in [1.54, 1.807) is 36.7 Å². The molecule has 0 spiro atoms. The zero-order chi connectivity index (χ0) is 22.2. The molecule has 1 amide bonds. The number of aromatic nitrogens is 2. The van der Waals surface area contributed by atoms with E-state index in [0.717, 1.165) is 37.9 Å². The Kier molecular flexibility index (Phi) is 7.08. The van der Waals surface area contributed by atoms with Gasteiger partial charge in [0.15, 0.2) is 6.61 Å². The van der Waals surface area contributed by atoms with Crippen LogP contribution in [0.5, 0.6) is 5.75 Å². The molecule has 0 radical (unpaired) electrons. The molecule has 1 fully saturated rings. The molecule has 0 atom stereocenters. The first-order valence-electron chi connectivity index (χ1n) is 11.0. The third kappa shape index (κ3) is 5.50. The van der Waals surface area contributed by atoms with Crippen LogP contribution in [0.2, 0.25) is 0 Å². The van der Waals surface area contributed by atoms with Crippen molar-refractivity contribution in [3.63, 3.8) is 0 Å². The molecule has 2 aromatic heterocycles. The van der Waals surface area contributed by atoms with Gasteiger partial charge in [0.25, 0.3) is 5.91 Å². The number of hydrogen-bond acceptors (Lipinski definition) is 5. The van der Waals surface area contributed by atoms with Crippen LogP contribution in [0.3, 0.4) is 0 Å². The number of nitriles is 1. The van der Waals surface area contributed by atoms with E-state index in [9.17, 15) is 4.79 Å². The number of pyridine rings is 2. The van der Waals surface area contributed by atoms with Crippen molar-refractivity contribution in [2.75, 3.05) is 19.7 Å². The molecule has 0 saturated carbocycles. The van der Waals surface area contributed by atoms with Crippen LogP contribution in [0.4, 0.5) is 0 Å². The van der Waals surface area contributed by atoms with Crippen LogP contribution in [0.15, 0.2) is 67.0 Å². The molecule has 0 N–H and O–H groups in total. The lowest BCUT2D eigenvalue weighted by Crippen LogP contribution is -2.41. The fourth-order valence-corrected chi connectivity index (χ4v) is 4.04. The number of aryl methyl sites for hydroxylation is 1. The molecule has 3 aromatic rings.